The van der Waals surface area contributed by atoms with Gasteiger partial charge < -0.3 is 11.1 Å². The standard InChI is InChI=1S/C11H20N6O.ClH/c1-11(2,10-14-16-17-15-10)13-9(18)6-7-4-3-5-8(7)12;/h7-8H,3-6,12H2,1-2H3,(H,13,18)(H,14,15,16,17);1H/t7-,8+;/m0./s1. The average Bonchev–Trinajstić information content (AvgIpc) is 2.90. The highest BCUT2D eigenvalue weighted by Gasteiger charge is 2.31. The lowest BCUT2D eigenvalue weighted by molar-refractivity contribution is -0.123. The summed E-state index contributed by atoms with van der Waals surface area (Å²) in [6, 6.07) is 0.157. The summed E-state index contributed by atoms with van der Waals surface area (Å²) < 4.78 is 0. The van der Waals surface area contributed by atoms with Crippen LogP contribution in [-0.4, -0.2) is 32.6 Å². The minimum absolute atomic E-state index is 0. The molecule has 19 heavy (non-hydrogen) atoms. The molecule has 0 spiro atoms. The van der Waals surface area contributed by atoms with Gasteiger partial charge in [-0.25, -0.2) is 0 Å². The number of H-pyrrole nitrogens is 1. The quantitative estimate of drug-likeness (QED) is 0.747. The predicted molar refractivity (Wildman–Crippen MR) is 72.5 cm³/mol. The zero-order chi connectivity index (χ0) is 13.2. The van der Waals surface area contributed by atoms with Crippen LogP contribution in [0.5, 0.6) is 0 Å². The third-order valence-corrected chi connectivity index (χ3v) is 3.52. The Morgan fingerprint density at radius 1 is 1.53 bits per heavy atom. The lowest BCUT2D eigenvalue weighted by atomic mass is 9.98. The van der Waals surface area contributed by atoms with Gasteiger partial charge in [0.1, 0.15) is 0 Å². The molecule has 108 valence electrons. The summed E-state index contributed by atoms with van der Waals surface area (Å²) >= 11 is 0. The van der Waals surface area contributed by atoms with E-state index in [1.165, 1.54) is 0 Å². The van der Waals surface area contributed by atoms with E-state index in [1.807, 2.05) is 13.8 Å². The normalized spacial score (nSPS) is 22.9. The van der Waals surface area contributed by atoms with Crippen LogP contribution in [0.4, 0.5) is 0 Å². The SMILES string of the molecule is CC(C)(NC(=O)C[C@@H]1CCC[C@H]1N)c1nn[nH]n1.Cl. The Morgan fingerprint density at radius 3 is 2.79 bits per heavy atom. The van der Waals surface area contributed by atoms with Crippen LogP contribution >= 0.6 is 12.4 Å². The number of nitrogens with two attached hydrogens (primary N) is 1. The summed E-state index contributed by atoms with van der Waals surface area (Å²) in [6.07, 6.45) is 3.65. The van der Waals surface area contributed by atoms with E-state index in [0.717, 1.165) is 19.3 Å². The molecule has 1 aromatic rings. The van der Waals surface area contributed by atoms with Crippen molar-refractivity contribution < 1.29 is 4.79 Å². The maximum Gasteiger partial charge on any atom is 0.221 e. The highest BCUT2D eigenvalue weighted by molar-refractivity contribution is 5.85. The Morgan fingerprint density at radius 2 is 2.26 bits per heavy atom. The van der Waals surface area contributed by atoms with Crippen LogP contribution in [0, 0.1) is 5.92 Å². The van der Waals surface area contributed by atoms with Crippen molar-refractivity contribution in [3.8, 4) is 0 Å². The maximum atomic E-state index is 12.0. The van der Waals surface area contributed by atoms with Gasteiger partial charge in [-0.2, -0.15) is 5.21 Å². The number of hydrogen-bond acceptors (Lipinski definition) is 5. The fourth-order valence-electron chi connectivity index (χ4n) is 2.44. The second kappa shape index (κ2) is 6.29. The zero-order valence-corrected chi connectivity index (χ0v) is 12.0. The summed E-state index contributed by atoms with van der Waals surface area (Å²) in [5.41, 5.74) is 5.35. The summed E-state index contributed by atoms with van der Waals surface area (Å²) in [5, 5.41) is 16.6. The van der Waals surface area contributed by atoms with Crippen LogP contribution in [0.1, 0.15) is 45.4 Å². The first-order valence-corrected chi connectivity index (χ1v) is 6.29. The monoisotopic (exact) mass is 288 g/mol. The van der Waals surface area contributed by atoms with Crippen LogP contribution in [-0.2, 0) is 10.3 Å². The van der Waals surface area contributed by atoms with E-state index in [0.29, 0.717) is 18.2 Å². The molecule has 0 aliphatic heterocycles. The Balaban J connectivity index is 0.00000180. The van der Waals surface area contributed by atoms with Crippen LogP contribution < -0.4 is 11.1 Å². The van der Waals surface area contributed by atoms with Crippen LogP contribution in [0.3, 0.4) is 0 Å². The van der Waals surface area contributed by atoms with Crippen molar-refractivity contribution in [2.24, 2.45) is 11.7 Å². The van der Waals surface area contributed by atoms with E-state index in [9.17, 15) is 4.79 Å². The van der Waals surface area contributed by atoms with E-state index in [4.69, 9.17) is 5.73 Å². The van der Waals surface area contributed by atoms with Crippen LogP contribution in [0.2, 0.25) is 0 Å². The molecule has 0 unspecified atom stereocenters. The summed E-state index contributed by atoms with van der Waals surface area (Å²) in [5.74, 6) is 0.768. The van der Waals surface area contributed by atoms with Crippen molar-refractivity contribution in [1.29, 1.82) is 0 Å². The molecule has 1 amide bonds. The van der Waals surface area contributed by atoms with E-state index < -0.39 is 5.54 Å². The van der Waals surface area contributed by atoms with Gasteiger partial charge in [-0.1, -0.05) is 11.6 Å². The molecule has 2 atom stereocenters. The van der Waals surface area contributed by atoms with Crippen molar-refractivity contribution in [3.63, 3.8) is 0 Å². The van der Waals surface area contributed by atoms with Crippen molar-refractivity contribution in [1.82, 2.24) is 25.9 Å². The number of halogens is 1. The highest BCUT2D eigenvalue weighted by atomic mass is 35.5. The van der Waals surface area contributed by atoms with Gasteiger partial charge >= 0.3 is 0 Å². The Bertz CT molecular complexity index is 407. The topological polar surface area (TPSA) is 110 Å². The third-order valence-electron chi connectivity index (χ3n) is 3.52. The summed E-state index contributed by atoms with van der Waals surface area (Å²) in [4.78, 5) is 12.0. The molecule has 0 radical (unpaired) electrons. The lowest BCUT2D eigenvalue weighted by Gasteiger charge is -2.24. The summed E-state index contributed by atoms with van der Waals surface area (Å²) in [6.45, 7) is 3.70. The van der Waals surface area contributed by atoms with Crippen LogP contribution in [0.15, 0.2) is 0 Å². The van der Waals surface area contributed by atoms with Gasteiger partial charge in [0.25, 0.3) is 0 Å². The molecule has 1 heterocycles. The van der Waals surface area contributed by atoms with Crippen molar-refractivity contribution >= 4 is 18.3 Å². The molecule has 0 aromatic carbocycles. The predicted octanol–water partition coefficient (Wildman–Crippen LogP) is 0.490. The zero-order valence-electron chi connectivity index (χ0n) is 11.2. The number of amides is 1. The molecular formula is C11H21ClN6O. The Labute approximate surface area is 118 Å². The number of hydrogen-bond donors (Lipinski definition) is 3. The molecule has 2 rings (SSSR count). The second-order valence-electron chi connectivity index (χ2n) is 5.47. The molecule has 1 aliphatic rings. The first-order chi connectivity index (χ1) is 8.49. The Hall–Kier alpha value is -1.21. The molecule has 4 N–H and O–H groups in total. The minimum Gasteiger partial charge on any atom is -0.344 e. The van der Waals surface area contributed by atoms with E-state index in [2.05, 4.69) is 25.9 Å². The van der Waals surface area contributed by atoms with E-state index >= 15 is 0 Å². The van der Waals surface area contributed by atoms with Gasteiger partial charge in [0, 0.05) is 12.5 Å². The number of aromatic nitrogens is 4. The number of carbonyl (C=O) groups excluding carboxylic acids is 1. The average molecular weight is 289 g/mol. The van der Waals surface area contributed by atoms with Crippen molar-refractivity contribution in [2.45, 2.75) is 51.1 Å². The minimum atomic E-state index is -0.618. The number of nitrogens with zero attached hydrogens (tertiary/aromatic N) is 3. The fourth-order valence-corrected chi connectivity index (χ4v) is 2.44. The van der Waals surface area contributed by atoms with Gasteiger partial charge in [0.05, 0.1) is 5.54 Å². The number of nitrogens with one attached hydrogen (secondary N) is 2. The van der Waals surface area contributed by atoms with Crippen molar-refractivity contribution in [3.05, 3.63) is 5.82 Å². The molecule has 0 bridgehead atoms. The summed E-state index contributed by atoms with van der Waals surface area (Å²) in [7, 11) is 0. The fraction of sp³-hybridized carbons (Fsp3) is 0.818. The second-order valence-corrected chi connectivity index (χ2v) is 5.47. The highest BCUT2D eigenvalue weighted by Crippen LogP contribution is 2.27. The molecule has 1 aliphatic carbocycles. The Kier molecular flexibility index (Phi) is 5.25. The third kappa shape index (κ3) is 3.87. The number of tetrazole rings is 1. The van der Waals surface area contributed by atoms with Gasteiger partial charge in [-0.15, -0.1) is 22.6 Å². The first-order valence-electron chi connectivity index (χ1n) is 6.29. The largest absolute Gasteiger partial charge is 0.344 e. The lowest BCUT2D eigenvalue weighted by Crippen LogP contribution is -2.43. The smallest absolute Gasteiger partial charge is 0.221 e. The number of carbonyl (C=O) groups is 1. The first kappa shape index (κ1) is 15.8. The molecule has 8 heteroatoms. The maximum absolute atomic E-state index is 12.0. The molecular weight excluding hydrogens is 268 g/mol. The van der Waals surface area contributed by atoms with E-state index in [1.54, 1.807) is 0 Å². The van der Waals surface area contributed by atoms with Crippen molar-refractivity contribution in [2.75, 3.05) is 0 Å². The molecule has 1 saturated carbocycles. The number of rotatable bonds is 4. The molecule has 1 fully saturated rings. The molecule has 0 saturated heterocycles. The molecule has 1 aromatic heterocycles. The van der Waals surface area contributed by atoms with Crippen LogP contribution in [0.25, 0.3) is 0 Å². The van der Waals surface area contributed by atoms with Gasteiger partial charge in [-0.3, -0.25) is 4.79 Å². The molecule has 7 nitrogen and oxygen atoms in total. The number of aromatic amines is 1. The van der Waals surface area contributed by atoms with Gasteiger partial charge in [0.15, 0.2) is 5.82 Å². The van der Waals surface area contributed by atoms with Gasteiger partial charge in [0.2, 0.25) is 5.91 Å². The van der Waals surface area contributed by atoms with E-state index in [-0.39, 0.29) is 24.4 Å². The van der Waals surface area contributed by atoms with Gasteiger partial charge in [-0.05, 0) is 32.6 Å².